The summed E-state index contributed by atoms with van der Waals surface area (Å²) < 4.78 is 7.52. The van der Waals surface area contributed by atoms with Crippen LogP contribution in [0.2, 0.25) is 5.02 Å². The molecule has 0 bridgehead atoms. The van der Waals surface area contributed by atoms with E-state index < -0.39 is 0 Å². The van der Waals surface area contributed by atoms with Gasteiger partial charge in [0.2, 0.25) is 5.78 Å². The molecule has 0 unspecified atom stereocenters. The Balaban J connectivity index is 2.13. The molecule has 0 spiro atoms. The molecular formula is C18H17ClN2O2. The molecule has 0 radical (unpaired) electrons. The Hall–Kier alpha value is -2.51. The van der Waals surface area contributed by atoms with E-state index in [1.807, 2.05) is 30.6 Å². The molecule has 0 fully saturated rings. The van der Waals surface area contributed by atoms with Crippen LogP contribution < -0.4 is 4.74 Å². The second-order valence-corrected chi connectivity index (χ2v) is 5.56. The number of carbonyl (C=O) groups is 1. The lowest BCUT2D eigenvalue weighted by molar-refractivity contribution is 0.0921. The van der Waals surface area contributed by atoms with Crippen molar-refractivity contribution in [3.05, 3.63) is 64.5 Å². The first kappa shape index (κ1) is 16.9. The van der Waals surface area contributed by atoms with Gasteiger partial charge in [-0.1, -0.05) is 17.7 Å². The highest BCUT2D eigenvalue weighted by Gasteiger charge is 2.16. The Kier molecular flexibility index (Phi) is 5.25. The molecule has 1 aromatic carbocycles. The highest BCUT2D eigenvalue weighted by atomic mass is 35.5. The molecule has 1 heterocycles. The van der Waals surface area contributed by atoms with Crippen molar-refractivity contribution >= 4 is 17.4 Å². The number of halogens is 1. The van der Waals surface area contributed by atoms with Gasteiger partial charge in [-0.15, -0.1) is 6.58 Å². The summed E-state index contributed by atoms with van der Waals surface area (Å²) in [7, 11) is 0. The van der Waals surface area contributed by atoms with Crippen molar-refractivity contribution in [2.45, 2.75) is 20.4 Å². The van der Waals surface area contributed by atoms with Crippen LogP contribution in [-0.4, -0.2) is 17.0 Å². The number of benzene rings is 1. The van der Waals surface area contributed by atoms with Crippen LogP contribution >= 0.6 is 11.6 Å². The van der Waals surface area contributed by atoms with Crippen LogP contribution in [0.3, 0.4) is 0 Å². The normalized spacial score (nSPS) is 10.2. The maximum Gasteiger partial charge on any atom is 0.202 e. The first-order chi connectivity index (χ1) is 11.0. The van der Waals surface area contributed by atoms with Crippen LogP contribution in [0.25, 0.3) is 0 Å². The van der Waals surface area contributed by atoms with Gasteiger partial charge in [0.1, 0.15) is 5.75 Å². The quantitative estimate of drug-likeness (QED) is 0.593. The van der Waals surface area contributed by atoms with E-state index in [1.165, 1.54) is 6.07 Å². The van der Waals surface area contributed by atoms with Crippen molar-refractivity contribution in [1.82, 2.24) is 4.57 Å². The lowest BCUT2D eigenvalue weighted by atomic mass is 10.1. The van der Waals surface area contributed by atoms with Crippen molar-refractivity contribution < 1.29 is 9.53 Å². The Bertz CT molecular complexity index is 800. The lowest BCUT2D eigenvalue weighted by Gasteiger charge is -2.08. The topological polar surface area (TPSA) is 55.0 Å². The predicted molar refractivity (Wildman–Crippen MR) is 90.1 cm³/mol. The molecule has 0 aliphatic carbocycles. The highest BCUT2D eigenvalue weighted by Crippen LogP contribution is 2.25. The minimum atomic E-state index is -0.117. The van der Waals surface area contributed by atoms with Gasteiger partial charge in [0.05, 0.1) is 16.7 Å². The van der Waals surface area contributed by atoms with E-state index in [-0.39, 0.29) is 12.4 Å². The molecule has 1 aromatic heterocycles. The summed E-state index contributed by atoms with van der Waals surface area (Å²) in [4.78, 5) is 12.4. The van der Waals surface area contributed by atoms with Crippen LogP contribution in [0.5, 0.6) is 5.75 Å². The number of hydrogen-bond acceptors (Lipinski definition) is 3. The number of aryl methyl sites for hydroxylation is 1. The number of ether oxygens (including phenoxy) is 1. The number of nitrogens with zero attached hydrogens (tertiary/aromatic N) is 2. The number of carbonyl (C=O) groups excluding carboxylic acids is 1. The molecule has 0 amide bonds. The SMILES string of the molecule is C=CCn1c(C)cc(C(=O)COc2ccc(C#N)cc2Cl)c1C. The standard InChI is InChI=1S/C18H17ClN2O2/c1-4-7-21-12(2)8-15(13(21)3)17(22)11-23-18-6-5-14(10-20)9-16(18)19/h4-6,8-9H,1,7,11H2,2-3H3. The minimum Gasteiger partial charge on any atom is -0.484 e. The monoisotopic (exact) mass is 328 g/mol. The summed E-state index contributed by atoms with van der Waals surface area (Å²) in [5.41, 5.74) is 2.97. The highest BCUT2D eigenvalue weighted by molar-refractivity contribution is 6.32. The van der Waals surface area contributed by atoms with Crippen molar-refractivity contribution in [2.75, 3.05) is 6.61 Å². The van der Waals surface area contributed by atoms with E-state index in [0.717, 1.165) is 11.4 Å². The fourth-order valence-corrected chi connectivity index (χ4v) is 2.64. The average Bonchev–Trinajstić information content (AvgIpc) is 2.82. The first-order valence-electron chi connectivity index (χ1n) is 7.11. The van der Waals surface area contributed by atoms with Crippen LogP contribution in [0.4, 0.5) is 0 Å². The molecule has 2 rings (SSSR count). The van der Waals surface area contributed by atoms with E-state index >= 15 is 0 Å². The van der Waals surface area contributed by atoms with Gasteiger partial charge in [-0.05, 0) is 38.1 Å². The molecule has 23 heavy (non-hydrogen) atoms. The molecule has 0 aliphatic heterocycles. The number of nitriles is 1. The van der Waals surface area contributed by atoms with Gasteiger partial charge in [0.25, 0.3) is 0 Å². The van der Waals surface area contributed by atoms with Crippen molar-refractivity contribution in [3.63, 3.8) is 0 Å². The van der Waals surface area contributed by atoms with Crippen LogP contribution in [0, 0.1) is 25.2 Å². The second-order valence-electron chi connectivity index (χ2n) is 5.15. The van der Waals surface area contributed by atoms with Crippen LogP contribution in [-0.2, 0) is 6.54 Å². The molecule has 0 N–H and O–H groups in total. The van der Waals surface area contributed by atoms with Gasteiger partial charge >= 0.3 is 0 Å². The summed E-state index contributed by atoms with van der Waals surface area (Å²) >= 11 is 6.04. The number of allylic oxidation sites excluding steroid dienone is 1. The Morgan fingerprint density at radius 1 is 1.43 bits per heavy atom. The predicted octanol–water partition coefficient (Wildman–Crippen LogP) is 4.08. The molecule has 0 aliphatic rings. The average molecular weight is 329 g/mol. The van der Waals surface area contributed by atoms with E-state index in [1.54, 1.807) is 18.2 Å². The second kappa shape index (κ2) is 7.17. The van der Waals surface area contributed by atoms with E-state index in [9.17, 15) is 4.79 Å². The summed E-state index contributed by atoms with van der Waals surface area (Å²) in [6.45, 7) is 8.13. The molecule has 0 saturated heterocycles. The molecule has 2 aromatic rings. The zero-order valence-electron chi connectivity index (χ0n) is 13.1. The van der Waals surface area contributed by atoms with E-state index in [2.05, 4.69) is 6.58 Å². The third kappa shape index (κ3) is 3.64. The number of rotatable bonds is 6. The number of aromatic nitrogens is 1. The van der Waals surface area contributed by atoms with Gasteiger partial charge in [-0.3, -0.25) is 4.79 Å². The molecule has 5 heteroatoms. The number of Topliss-reactive ketones (excluding diaryl/α,β-unsaturated/α-hetero) is 1. The van der Waals surface area contributed by atoms with E-state index in [0.29, 0.717) is 28.4 Å². The zero-order chi connectivity index (χ0) is 17.0. The Labute approximate surface area is 140 Å². The zero-order valence-corrected chi connectivity index (χ0v) is 13.9. The van der Waals surface area contributed by atoms with Crippen molar-refractivity contribution in [2.24, 2.45) is 0 Å². The van der Waals surface area contributed by atoms with Crippen LogP contribution in [0.15, 0.2) is 36.9 Å². The molecule has 0 atom stereocenters. The number of ketones is 1. The summed E-state index contributed by atoms with van der Waals surface area (Å²) in [5, 5.41) is 9.12. The molecule has 118 valence electrons. The van der Waals surface area contributed by atoms with Gasteiger partial charge in [0, 0.05) is 23.5 Å². The third-order valence-corrected chi connectivity index (χ3v) is 3.90. The molecular weight excluding hydrogens is 312 g/mol. The van der Waals surface area contributed by atoms with Gasteiger partial charge in [-0.2, -0.15) is 5.26 Å². The third-order valence-electron chi connectivity index (χ3n) is 3.61. The summed E-state index contributed by atoms with van der Waals surface area (Å²) in [6.07, 6.45) is 1.79. The van der Waals surface area contributed by atoms with Gasteiger partial charge in [-0.25, -0.2) is 0 Å². The van der Waals surface area contributed by atoms with Gasteiger partial charge in [0.15, 0.2) is 6.61 Å². The van der Waals surface area contributed by atoms with Crippen molar-refractivity contribution in [3.8, 4) is 11.8 Å². The van der Waals surface area contributed by atoms with Crippen molar-refractivity contribution in [1.29, 1.82) is 5.26 Å². The number of hydrogen-bond donors (Lipinski definition) is 0. The largest absolute Gasteiger partial charge is 0.484 e. The summed E-state index contributed by atoms with van der Waals surface area (Å²) in [5.74, 6) is 0.271. The van der Waals surface area contributed by atoms with E-state index in [4.69, 9.17) is 21.6 Å². The maximum atomic E-state index is 12.4. The fraction of sp³-hybridized carbons (Fsp3) is 0.222. The smallest absolute Gasteiger partial charge is 0.202 e. The lowest BCUT2D eigenvalue weighted by Crippen LogP contribution is -2.13. The first-order valence-corrected chi connectivity index (χ1v) is 7.49. The Morgan fingerprint density at radius 2 is 2.17 bits per heavy atom. The molecule has 0 saturated carbocycles. The Morgan fingerprint density at radius 3 is 2.78 bits per heavy atom. The van der Waals surface area contributed by atoms with Gasteiger partial charge < -0.3 is 9.30 Å². The van der Waals surface area contributed by atoms with Crippen LogP contribution in [0.1, 0.15) is 27.3 Å². The summed E-state index contributed by atoms with van der Waals surface area (Å²) in [6, 6.07) is 8.55. The fourth-order valence-electron chi connectivity index (χ4n) is 2.40. The minimum absolute atomic E-state index is 0.107. The maximum absolute atomic E-state index is 12.4. The molecule has 4 nitrogen and oxygen atoms in total.